The van der Waals surface area contributed by atoms with Crippen molar-refractivity contribution in [3.05, 3.63) is 64.7 Å². The quantitative estimate of drug-likeness (QED) is 0.804. The molecule has 0 unspecified atom stereocenters. The summed E-state index contributed by atoms with van der Waals surface area (Å²) in [7, 11) is -3.46. The number of hydrogen-bond donors (Lipinski definition) is 0. The summed E-state index contributed by atoms with van der Waals surface area (Å²) in [5.74, 6) is 0. The van der Waals surface area contributed by atoms with Crippen LogP contribution < -0.4 is 0 Å². The van der Waals surface area contributed by atoms with E-state index in [-0.39, 0.29) is 6.04 Å². The molecule has 0 radical (unpaired) electrons. The Labute approximate surface area is 160 Å². The average molecular weight is 391 g/mol. The van der Waals surface area contributed by atoms with Gasteiger partial charge in [0.1, 0.15) is 0 Å². The van der Waals surface area contributed by atoms with Gasteiger partial charge in [0.25, 0.3) is 0 Å². The van der Waals surface area contributed by atoms with Crippen molar-refractivity contribution in [3.63, 3.8) is 0 Å². The van der Waals surface area contributed by atoms with Gasteiger partial charge in [-0.25, -0.2) is 8.42 Å². The Morgan fingerprint density at radius 1 is 0.962 bits per heavy atom. The zero-order chi connectivity index (χ0) is 18.1. The van der Waals surface area contributed by atoms with E-state index in [0.717, 1.165) is 32.4 Å². The lowest BCUT2D eigenvalue weighted by Gasteiger charge is -2.41. The van der Waals surface area contributed by atoms with Crippen LogP contribution in [0.1, 0.15) is 24.0 Å². The largest absolute Gasteiger partial charge is 0.294 e. The summed E-state index contributed by atoms with van der Waals surface area (Å²) >= 11 is 5.90. The first-order chi connectivity index (χ1) is 12.5. The molecule has 6 heteroatoms. The van der Waals surface area contributed by atoms with Crippen molar-refractivity contribution < 1.29 is 8.42 Å². The van der Waals surface area contributed by atoms with Crippen LogP contribution in [0.25, 0.3) is 0 Å². The highest BCUT2D eigenvalue weighted by atomic mass is 35.5. The van der Waals surface area contributed by atoms with E-state index in [1.807, 2.05) is 0 Å². The van der Waals surface area contributed by atoms with E-state index in [0.29, 0.717) is 23.0 Å². The van der Waals surface area contributed by atoms with Gasteiger partial charge < -0.3 is 0 Å². The lowest BCUT2D eigenvalue weighted by molar-refractivity contribution is 0.122. The van der Waals surface area contributed by atoms with Crippen molar-refractivity contribution in [1.29, 1.82) is 0 Å². The zero-order valence-electron chi connectivity index (χ0n) is 14.6. The van der Waals surface area contributed by atoms with Crippen LogP contribution in [0.4, 0.5) is 0 Å². The van der Waals surface area contributed by atoms with Crippen LogP contribution >= 0.6 is 11.6 Å². The molecular weight excluding hydrogens is 368 g/mol. The van der Waals surface area contributed by atoms with Crippen LogP contribution in [0.3, 0.4) is 0 Å². The maximum absolute atomic E-state index is 13.0. The van der Waals surface area contributed by atoms with Crippen molar-refractivity contribution in [3.8, 4) is 0 Å². The number of piperidine rings is 1. The van der Waals surface area contributed by atoms with Crippen molar-refractivity contribution in [2.75, 3.05) is 19.6 Å². The molecule has 0 aromatic heterocycles. The second kappa shape index (κ2) is 7.31. The third kappa shape index (κ3) is 3.54. The highest BCUT2D eigenvalue weighted by molar-refractivity contribution is 7.89. The molecule has 1 fully saturated rings. The minimum Gasteiger partial charge on any atom is -0.294 e. The lowest BCUT2D eigenvalue weighted by Crippen LogP contribution is -2.50. The zero-order valence-corrected chi connectivity index (χ0v) is 16.2. The van der Waals surface area contributed by atoms with E-state index in [2.05, 4.69) is 29.2 Å². The highest BCUT2D eigenvalue weighted by Gasteiger charge is 2.33. The summed E-state index contributed by atoms with van der Waals surface area (Å²) in [6, 6.07) is 15.3. The molecule has 0 aliphatic carbocycles. The Hall–Kier alpha value is -1.40. The minimum atomic E-state index is -3.46. The number of nitrogens with zero attached hydrogens (tertiary/aromatic N) is 2. The van der Waals surface area contributed by atoms with E-state index < -0.39 is 10.0 Å². The van der Waals surface area contributed by atoms with Gasteiger partial charge >= 0.3 is 0 Å². The van der Waals surface area contributed by atoms with Crippen LogP contribution in [0, 0.1) is 0 Å². The first-order valence-corrected chi connectivity index (χ1v) is 10.9. The predicted molar refractivity (Wildman–Crippen MR) is 104 cm³/mol. The standard InChI is InChI=1S/C20H23ClN2O2S/c21-18-7-9-20(10-8-18)26(24,25)23-12-3-6-19(15-23)22-13-11-16-4-1-2-5-17(16)14-22/h1-2,4-5,7-10,19H,3,6,11-15H2/t19-/m1/s1. The van der Waals surface area contributed by atoms with Crippen molar-refractivity contribution >= 4 is 21.6 Å². The van der Waals surface area contributed by atoms with E-state index in [1.165, 1.54) is 11.1 Å². The van der Waals surface area contributed by atoms with Gasteiger partial charge in [-0.3, -0.25) is 4.90 Å². The molecule has 0 saturated carbocycles. The fraction of sp³-hybridized carbons (Fsp3) is 0.400. The molecule has 138 valence electrons. The average Bonchev–Trinajstić information content (AvgIpc) is 2.68. The molecule has 2 aliphatic rings. The smallest absolute Gasteiger partial charge is 0.243 e. The van der Waals surface area contributed by atoms with Gasteiger partial charge in [0.15, 0.2) is 0 Å². The maximum atomic E-state index is 13.0. The van der Waals surface area contributed by atoms with Crippen molar-refractivity contribution in [2.24, 2.45) is 0 Å². The summed E-state index contributed by atoms with van der Waals surface area (Å²) in [5.41, 5.74) is 2.79. The predicted octanol–water partition coefficient (Wildman–Crippen LogP) is 3.55. The molecule has 1 saturated heterocycles. The summed E-state index contributed by atoms with van der Waals surface area (Å²) in [6.07, 6.45) is 2.99. The first-order valence-electron chi connectivity index (χ1n) is 9.10. The summed E-state index contributed by atoms with van der Waals surface area (Å²) < 4.78 is 27.6. The minimum absolute atomic E-state index is 0.277. The van der Waals surface area contributed by atoms with E-state index in [9.17, 15) is 8.42 Å². The van der Waals surface area contributed by atoms with Gasteiger partial charge in [-0.1, -0.05) is 35.9 Å². The summed E-state index contributed by atoms with van der Waals surface area (Å²) in [4.78, 5) is 2.78. The normalized spacial score (nSPS) is 22.1. The number of sulfonamides is 1. The maximum Gasteiger partial charge on any atom is 0.243 e. The van der Waals surface area contributed by atoms with E-state index in [4.69, 9.17) is 11.6 Å². The molecule has 4 nitrogen and oxygen atoms in total. The Bertz CT molecular complexity index is 883. The number of fused-ring (bicyclic) bond motifs is 1. The Kier molecular flexibility index (Phi) is 5.06. The van der Waals surface area contributed by atoms with Gasteiger partial charge in [0.2, 0.25) is 10.0 Å². The highest BCUT2D eigenvalue weighted by Crippen LogP contribution is 2.27. The molecule has 2 heterocycles. The van der Waals surface area contributed by atoms with Gasteiger partial charge in [-0.2, -0.15) is 4.31 Å². The molecule has 0 amide bonds. The molecule has 1 atom stereocenters. The molecule has 0 bridgehead atoms. The fourth-order valence-electron chi connectivity index (χ4n) is 4.02. The third-order valence-electron chi connectivity index (χ3n) is 5.49. The Balaban J connectivity index is 1.50. The lowest BCUT2D eigenvalue weighted by atomic mass is 9.96. The van der Waals surface area contributed by atoms with Crippen LogP contribution in [0.15, 0.2) is 53.4 Å². The Morgan fingerprint density at radius 2 is 1.69 bits per heavy atom. The molecule has 0 spiro atoms. The second-order valence-corrected chi connectivity index (χ2v) is 9.48. The second-order valence-electron chi connectivity index (χ2n) is 7.10. The van der Waals surface area contributed by atoms with E-state index >= 15 is 0 Å². The van der Waals surface area contributed by atoms with Crippen LogP contribution in [-0.4, -0.2) is 43.3 Å². The SMILES string of the molecule is O=S(=O)(c1ccc(Cl)cc1)N1CCC[C@@H](N2CCc3ccccc3C2)C1. The molecule has 26 heavy (non-hydrogen) atoms. The summed E-state index contributed by atoms with van der Waals surface area (Å²) in [5, 5.41) is 0.549. The van der Waals surface area contributed by atoms with Gasteiger partial charge in [0.05, 0.1) is 4.90 Å². The van der Waals surface area contributed by atoms with E-state index in [1.54, 1.807) is 28.6 Å². The topological polar surface area (TPSA) is 40.6 Å². The number of benzene rings is 2. The Morgan fingerprint density at radius 3 is 2.46 bits per heavy atom. The van der Waals surface area contributed by atoms with Crippen LogP contribution in [-0.2, 0) is 23.0 Å². The van der Waals surface area contributed by atoms with Crippen molar-refractivity contribution in [2.45, 2.75) is 36.7 Å². The number of hydrogen-bond acceptors (Lipinski definition) is 3. The number of halogens is 1. The van der Waals surface area contributed by atoms with Gasteiger partial charge in [-0.15, -0.1) is 0 Å². The van der Waals surface area contributed by atoms with Crippen LogP contribution in [0.5, 0.6) is 0 Å². The van der Waals surface area contributed by atoms with Crippen LogP contribution in [0.2, 0.25) is 5.02 Å². The molecular formula is C20H23ClN2O2S. The molecule has 2 aromatic carbocycles. The molecule has 2 aromatic rings. The van der Waals surface area contributed by atoms with Gasteiger partial charge in [-0.05, 0) is 54.7 Å². The molecule has 4 rings (SSSR count). The first kappa shape index (κ1) is 18.0. The molecule has 0 N–H and O–H groups in total. The monoisotopic (exact) mass is 390 g/mol. The van der Waals surface area contributed by atoms with Crippen molar-refractivity contribution in [1.82, 2.24) is 9.21 Å². The molecule has 2 aliphatic heterocycles. The summed E-state index contributed by atoms with van der Waals surface area (Å²) in [6.45, 7) is 3.06. The fourth-order valence-corrected chi connectivity index (χ4v) is 5.66. The number of rotatable bonds is 3. The third-order valence-corrected chi connectivity index (χ3v) is 7.62. The van der Waals surface area contributed by atoms with Gasteiger partial charge in [0, 0.05) is 37.2 Å².